The molecule has 0 unspecified atom stereocenters. The molecule has 0 heterocycles. The van der Waals surface area contributed by atoms with E-state index in [4.69, 9.17) is 5.73 Å². The Bertz CT molecular complexity index is 356. The zero-order chi connectivity index (χ0) is 13.5. The number of hydrogen-bond acceptors (Lipinski definition) is 2. The Morgan fingerprint density at radius 1 is 1.17 bits per heavy atom. The van der Waals surface area contributed by atoms with Crippen molar-refractivity contribution in [3.63, 3.8) is 0 Å². The molecule has 0 saturated carbocycles. The molecule has 18 heavy (non-hydrogen) atoms. The molecule has 1 rings (SSSR count). The van der Waals surface area contributed by atoms with Crippen LogP contribution in [0, 0.1) is 12.8 Å². The third-order valence-corrected chi connectivity index (χ3v) is 3.93. The third-order valence-electron chi connectivity index (χ3n) is 3.93. The van der Waals surface area contributed by atoms with Crippen LogP contribution >= 0.6 is 0 Å². The predicted octanol–water partition coefficient (Wildman–Crippen LogP) is 3.72. The van der Waals surface area contributed by atoms with E-state index in [1.807, 2.05) is 0 Å². The van der Waals surface area contributed by atoms with E-state index in [0.29, 0.717) is 6.54 Å². The van der Waals surface area contributed by atoms with Crippen molar-refractivity contribution in [1.29, 1.82) is 0 Å². The first kappa shape index (κ1) is 15.0. The number of hydrogen-bond donors (Lipinski definition) is 1. The molecule has 0 aliphatic rings. The van der Waals surface area contributed by atoms with Crippen LogP contribution in [0.3, 0.4) is 0 Å². The molecule has 2 nitrogen and oxygen atoms in total. The lowest BCUT2D eigenvalue weighted by atomic mass is 10.0. The number of anilines is 1. The number of benzene rings is 1. The molecule has 0 aromatic heterocycles. The van der Waals surface area contributed by atoms with Gasteiger partial charge in [-0.25, -0.2) is 0 Å². The highest BCUT2D eigenvalue weighted by atomic mass is 15.1. The lowest BCUT2D eigenvalue weighted by Crippen LogP contribution is -2.29. The van der Waals surface area contributed by atoms with Gasteiger partial charge in [0.25, 0.3) is 0 Å². The van der Waals surface area contributed by atoms with Crippen LogP contribution in [0.5, 0.6) is 0 Å². The molecule has 102 valence electrons. The smallest absolute Gasteiger partial charge is 0.0369 e. The summed E-state index contributed by atoms with van der Waals surface area (Å²) in [4.78, 5) is 2.48. The topological polar surface area (TPSA) is 29.3 Å². The SMILES string of the molecule is CCC(CC)CN(CC)c1ccc(CN)c(C)c1. The monoisotopic (exact) mass is 248 g/mol. The number of rotatable bonds is 7. The van der Waals surface area contributed by atoms with Gasteiger partial charge in [0.2, 0.25) is 0 Å². The van der Waals surface area contributed by atoms with Crippen molar-refractivity contribution in [2.45, 2.75) is 47.1 Å². The van der Waals surface area contributed by atoms with Gasteiger partial charge in [0.1, 0.15) is 0 Å². The van der Waals surface area contributed by atoms with Crippen molar-refractivity contribution < 1.29 is 0 Å². The first-order valence-corrected chi connectivity index (χ1v) is 7.20. The molecule has 0 amide bonds. The van der Waals surface area contributed by atoms with Crippen molar-refractivity contribution in [3.05, 3.63) is 29.3 Å². The maximum Gasteiger partial charge on any atom is 0.0369 e. The molecular weight excluding hydrogens is 220 g/mol. The van der Waals surface area contributed by atoms with Crippen LogP contribution in [0.2, 0.25) is 0 Å². The summed E-state index contributed by atoms with van der Waals surface area (Å²) in [6.45, 7) is 11.8. The highest BCUT2D eigenvalue weighted by molar-refractivity contribution is 5.50. The van der Waals surface area contributed by atoms with Gasteiger partial charge in [0.15, 0.2) is 0 Å². The molecule has 2 heteroatoms. The number of nitrogens with two attached hydrogens (primary N) is 1. The molecule has 0 fully saturated rings. The zero-order valence-corrected chi connectivity index (χ0v) is 12.4. The molecule has 0 saturated heterocycles. The summed E-state index contributed by atoms with van der Waals surface area (Å²) in [6, 6.07) is 6.65. The van der Waals surface area contributed by atoms with Gasteiger partial charge in [0, 0.05) is 25.3 Å². The largest absolute Gasteiger partial charge is 0.372 e. The fraction of sp³-hybridized carbons (Fsp3) is 0.625. The van der Waals surface area contributed by atoms with Crippen molar-refractivity contribution in [1.82, 2.24) is 0 Å². The Kier molecular flexibility index (Phi) is 6.20. The van der Waals surface area contributed by atoms with Crippen LogP contribution in [-0.4, -0.2) is 13.1 Å². The number of aryl methyl sites for hydroxylation is 1. The van der Waals surface area contributed by atoms with Crippen molar-refractivity contribution in [2.24, 2.45) is 11.7 Å². The van der Waals surface area contributed by atoms with Crippen LogP contribution in [0.15, 0.2) is 18.2 Å². The summed E-state index contributed by atoms with van der Waals surface area (Å²) in [6.07, 6.45) is 2.51. The van der Waals surface area contributed by atoms with Gasteiger partial charge in [-0.2, -0.15) is 0 Å². The zero-order valence-electron chi connectivity index (χ0n) is 12.4. The van der Waals surface area contributed by atoms with E-state index in [2.05, 4.69) is 50.8 Å². The van der Waals surface area contributed by atoms with Crippen LogP contribution < -0.4 is 10.6 Å². The van der Waals surface area contributed by atoms with Gasteiger partial charge in [-0.1, -0.05) is 32.8 Å². The summed E-state index contributed by atoms with van der Waals surface area (Å²) in [7, 11) is 0. The molecule has 1 aromatic carbocycles. The summed E-state index contributed by atoms with van der Waals surface area (Å²) in [5.41, 5.74) is 9.60. The van der Waals surface area contributed by atoms with Gasteiger partial charge in [0.05, 0.1) is 0 Å². The molecular formula is C16H28N2. The Hall–Kier alpha value is -1.02. The summed E-state index contributed by atoms with van der Waals surface area (Å²) < 4.78 is 0. The van der Waals surface area contributed by atoms with Crippen LogP contribution in [0.4, 0.5) is 5.69 Å². The number of nitrogens with zero attached hydrogens (tertiary/aromatic N) is 1. The van der Waals surface area contributed by atoms with Gasteiger partial charge < -0.3 is 10.6 Å². The molecule has 1 aromatic rings. The van der Waals surface area contributed by atoms with E-state index >= 15 is 0 Å². The van der Waals surface area contributed by atoms with E-state index in [1.54, 1.807) is 0 Å². The predicted molar refractivity (Wildman–Crippen MR) is 81.0 cm³/mol. The van der Waals surface area contributed by atoms with Gasteiger partial charge >= 0.3 is 0 Å². The second-order valence-electron chi connectivity index (χ2n) is 5.04. The first-order valence-electron chi connectivity index (χ1n) is 7.20. The van der Waals surface area contributed by atoms with Gasteiger partial charge in [-0.15, -0.1) is 0 Å². The van der Waals surface area contributed by atoms with Crippen molar-refractivity contribution in [2.75, 3.05) is 18.0 Å². The Balaban J connectivity index is 2.84. The lowest BCUT2D eigenvalue weighted by Gasteiger charge is -2.28. The second kappa shape index (κ2) is 7.42. The summed E-state index contributed by atoms with van der Waals surface area (Å²) in [5.74, 6) is 0.791. The minimum Gasteiger partial charge on any atom is -0.372 e. The van der Waals surface area contributed by atoms with Crippen LogP contribution in [0.1, 0.15) is 44.7 Å². The van der Waals surface area contributed by atoms with Crippen molar-refractivity contribution in [3.8, 4) is 0 Å². The molecule has 0 aliphatic heterocycles. The van der Waals surface area contributed by atoms with Gasteiger partial charge in [-0.3, -0.25) is 0 Å². The Labute approximate surface area is 112 Å². The fourth-order valence-corrected chi connectivity index (χ4v) is 2.38. The molecule has 0 radical (unpaired) electrons. The molecule has 0 atom stereocenters. The highest BCUT2D eigenvalue weighted by Gasteiger charge is 2.11. The molecule has 2 N–H and O–H groups in total. The summed E-state index contributed by atoms with van der Waals surface area (Å²) >= 11 is 0. The average molecular weight is 248 g/mol. The molecule has 0 bridgehead atoms. The van der Waals surface area contributed by atoms with Crippen LogP contribution in [0.25, 0.3) is 0 Å². The second-order valence-corrected chi connectivity index (χ2v) is 5.04. The minimum absolute atomic E-state index is 0.630. The van der Waals surface area contributed by atoms with Gasteiger partial charge in [-0.05, 0) is 43.0 Å². The van der Waals surface area contributed by atoms with E-state index in [1.165, 1.54) is 29.7 Å². The maximum atomic E-state index is 5.72. The van der Waals surface area contributed by atoms with E-state index in [9.17, 15) is 0 Å². The Morgan fingerprint density at radius 2 is 1.83 bits per heavy atom. The van der Waals surface area contributed by atoms with E-state index < -0.39 is 0 Å². The lowest BCUT2D eigenvalue weighted by molar-refractivity contribution is 0.486. The van der Waals surface area contributed by atoms with E-state index in [0.717, 1.165) is 19.0 Å². The standard InChI is InChI=1S/C16H28N2/c1-5-14(6-2)12-18(7-3)16-9-8-15(11-17)13(4)10-16/h8-10,14H,5-7,11-12,17H2,1-4H3. The molecule has 0 spiro atoms. The first-order chi connectivity index (χ1) is 8.65. The maximum absolute atomic E-state index is 5.72. The third kappa shape index (κ3) is 3.74. The normalized spacial score (nSPS) is 11.0. The fourth-order valence-electron chi connectivity index (χ4n) is 2.38. The van der Waals surface area contributed by atoms with E-state index in [-0.39, 0.29) is 0 Å². The Morgan fingerprint density at radius 3 is 2.28 bits per heavy atom. The highest BCUT2D eigenvalue weighted by Crippen LogP contribution is 2.21. The minimum atomic E-state index is 0.630. The van der Waals surface area contributed by atoms with Crippen molar-refractivity contribution >= 4 is 5.69 Å². The average Bonchev–Trinajstić information content (AvgIpc) is 2.40. The summed E-state index contributed by atoms with van der Waals surface area (Å²) in [5, 5.41) is 0. The molecule has 0 aliphatic carbocycles. The quantitative estimate of drug-likeness (QED) is 0.797. The van der Waals surface area contributed by atoms with Crippen LogP contribution in [-0.2, 0) is 6.54 Å².